The highest BCUT2D eigenvalue weighted by Crippen LogP contribution is 2.30. The van der Waals surface area contributed by atoms with Gasteiger partial charge in [-0.1, -0.05) is 25.0 Å². The average molecular weight is 458 g/mol. The standard InChI is InChI=1S/C24H31N3O4S/c1-31-21-12-10-20(11-13-21)26-18-16-25(17-19-26)14-6-2-3-7-15-27-24(28)22-8-4-5-9-23(22)32(27,29)30/h4-5,8-13H,2-3,6-7,14-19H2,1H3. The molecule has 32 heavy (non-hydrogen) atoms. The first-order valence-electron chi connectivity index (χ1n) is 11.3. The number of nitrogens with zero attached hydrogens (tertiary/aromatic N) is 3. The number of methoxy groups -OCH3 is 1. The summed E-state index contributed by atoms with van der Waals surface area (Å²) in [5, 5.41) is 0. The Labute approximate surface area is 190 Å². The monoisotopic (exact) mass is 457 g/mol. The second kappa shape index (κ2) is 9.92. The molecule has 0 saturated carbocycles. The molecule has 8 heteroatoms. The molecule has 0 N–H and O–H groups in total. The van der Waals surface area contributed by atoms with Crippen molar-refractivity contribution in [1.82, 2.24) is 9.21 Å². The minimum Gasteiger partial charge on any atom is -0.497 e. The third kappa shape index (κ3) is 4.76. The number of piperazine rings is 1. The molecule has 1 amide bonds. The lowest BCUT2D eigenvalue weighted by Gasteiger charge is -2.36. The number of ether oxygens (including phenoxy) is 1. The Bertz CT molecular complexity index is 1030. The molecule has 2 aliphatic heterocycles. The first-order valence-corrected chi connectivity index (χ1v) is 12.7. The van der Waals surface area contributed by atoms with Crippen LogP contribution in [0.2, 0.25) is 0 Å². The van der Waals surface area contributed by atoms with Crippen LogP contribution in [-0.2, 0) is 10.0 Å². The van der Waals surface area contributed by atoms with Crippen LogP contribution < -0.4 is 9.64 Å². The van der Waals surface area contributed by atoms with Gasteiger partial charge in [-0.15, -0.1) is 0 Å². The summed E-state index contributed by atoms with van der Waals surface area (Å²) in [4.78, 5) is 17.5. The van der Waals surface area contributed by atoms with E-state index in [-0.39, 0.29) is 11.4 Å². The molecule has 2 aromatic rings. The lowest BCUT2D eigenvalue weighted by Crippen LogP contribution is -2.46. The van der Waals surface area contributed by atoms with Gasteiger partial charge in [-0.05, 0) is 55.8 Å². The van der Waals surface area contributed by atoms with E-state index in [0.29, 0.717) is 12.0 Å². The molecular formula is C24H31N3O4S. The number of unbranched alkanes of at least 4 members (excludes halogenated alkanes) is 3. The molecule has 1 fully saturated rings. The van der Waals surface area contributed by atoms with E-state index in [1.54, 1.807) is 25.3 Å². The summed E-state index contributed by atoms with van der Waals surface area (Å²) in [6, 6.07) is 14.7. The third-order valence-corrected chi connectivity index (χ3v) is 8.15. The van der Waals surface area contributed by atoms with Crippen molar-refractivity contribution in [3.05, 3.63) is 54.1 Å². The fourth-order valence-electron chi connectivity index (χ4n) is 4.42. The Morgan fingerprint density at radius 1 is 0.844 bits per heavy atom. The summed E-state index contributed by atoms with van der Waals surface area (Å²) >= 11 is 0. The molecule has 0 radical (unpaired) electrons. The Morgan fingerprint density at radius 3 is 2.16 bits per heavy atom. The Balaban J connectivity index is 1.13. The first kappa shape index (κ1) is 22.6. The molecule has 2 aliphatic rings. The van der Waals surface area contributed by atoms with Gasteiger partial charge in [0.05, 0.1) is 12.7 Å². The van der Waals surface area contributed by atoms with Gasteiger partial charge in [-0.3, -0.25) is 9.69 Å². The number of amides is 1. The van der Waals surface area contributed by atoms with E-state index in [0.717, 1.165) is 62.0 Å². The zero-order valence-electron chi connectivity index (χ0n) is 18.6. The van der Waals surface area contributed by atoms with Crippen LogP contribution in [0.1, 0.15) is 36.0 Å². The van der Waals surface area contributed by atoms with Gasteiger partial charge in [0.1, 0.15) is 10.6 Å². The quantitative estimate of drug-likeness (QED) is 0.539. The number of benzene rings is 2. The Morgan fingerprint density at radius 2 is 1.50 bits per heavy atom. The first-order chi connectivity index (χ1) is 15.5. The molecule has 1 saturated heterocycles. The number of anilines is 1. The SMILES string of the molecule is COc1ccc(N2CCN(CCCCCCN3C(=O)c4ccccc4S3(=O)=O)CC2)cc1. The topological polar surface area (TPSA) is 70.2 Å². The van der Waals surface area contributed by atoms with Gasteiger partial charge in [0.2, 0.25) is 0 Å². The zero-order valence-corrected chi connectivity index (χ0v) is 19.4. The summed E-state index contributed by atoms with van der Waals surface area (Å²) in [5.41, 5.74) is 1.53. The summed E-state index contributed by atoms with van der Waals surface area (Å²) in [5.74, 6) is 0.485. The highest BCUT2D eigenvalue weighted by Gasteiger charge is 2.40. The van der Waals surface area contributed by atoms with E-state index in [1.807, 2.05) is 12.1 Å². The van der Waals surface area contributed by atoms with Gasteiger partial charge < -0.3 is 9.64 Å². The third-order valence-electron chi connectivity index (χ3n) is 6.31. The van der Waals surface area contributed by atoms with Crippen molar-refractivity contribution in [2.24, 2.45) is 0 Å². The minimum atomic E-state index is -3.67. The van der Waals surface area contributed by atoms with Gasteiger partial charge in [0.25, 0.3) is 15.9 Å². The maximum Gasteiger partial charge on any atom is 0.269 e. The number of carbonyl (C=O) groups excluding carboxylic acids is 1. The van der Waals surface area contributed by atoms with Gasteiger partial charge in [0, 0.05) is 38.4 Å². The number of fused-ring (bicyclic) bond motifs is 1. The van der Waals surface area contributed by atoms with E-state index >= 15 is 0 Å². The summed E-state index contributed by atoms with van der Waals surface area (Å²) in [6.45, 7) is 5.44. The molecule has 0 spiro atoms. The van der Waals surface area contributed by atoms with Crippen molar-refractivity contribution in [2.45, 2.75) is 30.6 Å². The minimum absolute atomic E-state index is 0.138. The number of sulfonamides is 1. The highest BCUT2D eigenvalue weighted by molar-refractivity contribution is 7.90. The van der Waals surface area contributed by atoms with E-state index in [9.17, 15) is 13.2 Å². The molecule has 0 bridgehead atoms. The van der Waals surface area contributed by atoms with Gasteiger partial charge in [-0.2, -0.15) is 0 Å². The van der Waals surface area contributed by atoms with Crippen LogP contribution in [0.5, 0.6) is 5.75 Å². The molecule has 0 aromatic heterocycles. The molecule has 2 heterocycles. The summed E-state index contributed by atoms with van der Waals surface area (Å²) in [6.07, 6.45) is 3.74. The van der Waals surface area contributed by atoms with Crippen molar-refractivity contribution in [1.29, 1.82) is 0 Å². The van der Waals surface area contributed by atoms with E-state index in [2.05, 4.69) is 21.9 Å². The Kier molecular flexibility index (Phi) is 7.01. The van der Waals surface area contributed by atoms with E-state index < -0.39 is 15.9 Å². The molecule has 7 nitrogen and oxygen atoms in total. The van der Waals surface area contributed by atoms with Crippen molar-refractivity contribution < 1.29 is 17.9 Å². The number of hydrogen-bond donors (Lipinski definition) is 0. The predicted molar refractivity (Wildman–Crippen MR) is 125 cm³/mol. The van der Waals surface area contributed by atoms with Crippen molar-refractivity contribution in [3.63, 3.8) is 0 Å². The second-order valence-corrected chi connectivity index (χ2v) is 10.2. The van der Waals surface area contributed by atoms with Crippen LogP contribution in [0.3, 0.4) is 0 Å². The molecular weight excluding hydrogens is 426 g/mol. The second-order valence-electron chi connectivity index (χ2n) is 8.32. The largest absolute Gasteiger partial charge is 0.497 e. The zero-order chi connectivity index (χ0) is 22.6. The van der Waals surface area contributed by atoms with Gasteiger partial charge in [-0.25, -0.2) is 12.7 Å². The molecule has 4 rings (SSSR count). The fraction of sp³-hybridized carbons (Fsp3) is 0.458. The lowest BCUT2D eigenvalue weighted by molar-refractivity contribution is 0.0869. The Hall–Kier alpha value is -2.58. The van der Waals surface area contributed by atoms with Crippen molar-refractivity contribution in [2.75, 3.05) is 51.3 Å². The van der Waals surface area contributed by atoms with Crippen LogP contribution in [0.15, 0.2) is 53.4 Å². The van der Waals surface area contributed by atoms with Crippen LogP contribution in [0.25, 0.3) is 0 Å². The van der Waals surface area contributed by atoms with Crippen LogP contribution in [0.4, 0.5) is 5.69 Å². The maximum absolute atomic E-state index is 12.6. The predicted octanol–water partition coefficient (Wildman–Crippen LogP) is 3.22. The van der Waals surface area contributed by atoms with Crippen LogP contribution in [0, 0.1) is 0 Å². The summed E-state index contributed by atoms with van der Waals surface area (Å²) < 4.78 is 31.4. The van der Waals surface area contributed by atoms with Gasteiger partial charge >= 0.3 is 0 Å². The smallest absolute Gasteiger partial charge is 0.269 e. The lowest BCUT2D eigenvalue weighted by atomic mass is 10.1. The molecule has 0 unspecified atom stereocenters. The molecule has 0 atom stereocenters. The molecule has 0 aliphatic carbocycles. The van der Waals surface area contributed by atoms with Crippen molar-refractivity contribution >= 4 is 21.6 Å². The highest BCUT2D eigenvalue weighted by atomic mass is 32.2. The normalized spacial score (nSPS) is 18.1. The summed E-state index contributed by atoms with van der Waals surface area (Å²) in [7, 11) is -1.99. The number of carbonyl (C=O) groups is 1. The molecule has 172 valence electrons. The van der Waals surface area contributed by atoms with Gasteiger partial charge in [0.15, 0.2) is 0 Å². The molecule has 2 aromatic carbocycles. The maximum atomic E-state index is 12.6. The average Bonchev–Trinajstić information content (AvgIpc) is 3.02. The van der Waals surface area contributed by atoms with E-state index in [4.69, 9.17) is 4.74 Å². The van der Waals surface area contributed by atoms with Crippen LogP contribution >= 0.6 is 0 Å². The number of hydrogen-bond acceptors (Lipinski definition) is 6. The van der Waals surface area contributed by atoms with Crippen LogP contribution in [-0.4, -0.2) is 69.9 Å². The van der Waals surface area contributed by atoms with E-state index in [1.165, 1.54) is 11.8 Å². The number of rotatable bonds is 9. The van der Waals surface area contributed by atoms with Crippen molar-refractivity contribution in [3.8, 4) is 5.75 Å². The fourth-order valence-corrected chi connectivity index (χ4v) is 6.03.